The largest absolute Gasteiger partial charge is 0.366 e. The second kappa shape index (κ2) is 6.65. The van der Waals surface area contributed by atoms with Crippen molar-refractivity contribution in [1.82, 2.24) is 15.4 Å². The van der Waals surface area contributed by atoms with Gasteiger partial charge in [-0.2, -0.15) is 0 Å². The number of aromatic amines is 1. The highest BCUT2D eigenvalue weighted by Gasteiger charge is 2.17. The van der Waals surface area contributed by atoms with Gasteiger partial charge in [-0.3, -0.25) is 14.7 Å². The average Bonchev–Trinajstić information content (AvgIpc) is 2.99. The number of carbonyl (C=O) groups excluding carboxylic acids is 2. The van der Waals surface area contributed by atoms with Crippen molar-refractivity contribution in [2.45, 2.75) is 26.2 Å². The predicted octanol–water partition coefficient (Wildman–Crippen LogP) is 1.70. The standard InChI is InChI=1S/C14H17N5O2/c1-2-3-7-12(20)17-13-9(11-8-16-19-18-11)5-4-6-10(13)14(15)21/h4-6,8H,2-3,7H2,1H3,(H2,15,21)(H,17,20)(H,16,18,19). The summed E-state index contributed by atoms with van der Waals surface area (Å²) in [6.07, 6.45) is 3.68. The minimum atomic E-state index is -0.605. The van der Waals surface area contributed by atoms with Crippen molar-refractivity contribution in [1.29, 1.82) is 0 Å². The van der Waals surface area contributed by atoms with E-state index in [1.807, 2.05) is 6.92 Å². The second-order valence-corrected chi connectivity index (χ2v) is 4.60. The van der Waals surface area contributed by atoms with E-state index in [-0.39, 0.29) is 11.5 Å². The lowest BCUT2D eigenvalue weighted by atomic mass is 10.0. The summed E-state index contributed by atoms with van der Waals surface area (Å²) >= 11 is 0. The Hall–Kier alpha value is -2.70. The van der Waals surface area contributed by atoms with Gasteiger partial charge in [0.25, 0.3) is 5.91 Å². The molecule has 21 heavy (non-hydrogen) atoms. The quantitative estimate of drug-likeness (QED) is 0.750. The molecule has 0 aliphatic heterocycles. The van der Waals surface area contributed by atoms with Crippen LogP contribution in [0.1, 0.15) is 36.5 Å². The third-order valence-corrected chi connectivity index (χ3v) is 3.04. The highest BCUT2D eigenvalue weighted by Crippen LogP contribution is 2.29. The molecule has 7 nitrogen and oxygen atoms in total. The molecule has 0 aliphatic rings. The third-order valence-electron chi connectivity index (χ3n) is 3.04. The monoisotopic (exact) mass is 287 g/mol. The zero-order chi connectivity index (χ0) is 15.2. The van der Waals surface area contributed by atoms with Crippen LogP contribution in [-0.2, 0) is 4.79 Å². The molecular formula is C14H17N5O2. The van der Waals surface area contributed by atoms with Gasteiger partial charge in [0, 0.05) is 12.0 Å². The van der Waals surface area contributed by atoms with Gasteiger partial charge in [-0.05, 0) is 12.5 Å². The van der Waals surface area contributed by atoms with Crippen molar-refractivity contribution in [3.05, 3.63) is 30.0 Å². The Morgan fingerprint density at radius 1 is 1.38 bits per heavy atom. The summed E-state index contributed by atoms with van der Waals surface area (Å²) in [5, 5.41) is 12.9. The first-order valence-electron chi connectivity index (χ1n) is 6.73. The van der Waals surface area contributed by atoms with Crippen molar-refractivity contribution in [3.8, 4) is 11.3 Å². The van der Waals surface area contributed by atoms with Crippen LogP contribution in [0.2, 0.25) is 0 Å². The molecule has 2 rings (SSSR count). The molecule has 1 heterocycles. The molecule has 0 radical (unpaired) electrons. The molecule has 0 saturated heterocycles. The van der Waals surface area contributed by atoms with E-state index in [0.29, 0.717) is 23.4 Å². The van der Waals surface area contributed by atoms with Crippen LogP contribution in [0.25, 0.3) is 11.3 Å². The molecule has 1 aromatic heterocycles. The summed E-state index contributed by atoms with van der Waals surface area (Å²) in [6.45, 7) is 2.01. The zero-order valence-electron chi connectivity index (χ0n) is 11.7. The lowest BCUT2D eigenvalue weighted by molar-refractivity contribution is -0.116. The van der Waals surface area contributed by atoms with Crippen LogP contribution in [0, 0.1) is 0 Å². The SMILES string of the molecule is CCCCC(=O)Nc1c(C(N)=O)cccc1-c1c[nH]nn1. The van der Waals surface area contributed by atoms with Crippen molar-refractivity contribution < 1.29 is 9.59 Å². The number of nitrogens with zero attached hydrogens (tertiary/aromatic N) is 2. The van der Waals surface area contributed by atoms with Crippen LogP contribution in [-0.4, -0.2) is 27.2 Å². The van der Waals surface area contributed by atoms with Crippen LogP contribution < -0.4 is 11.1 Å². The lowest BCUT2D eigenvalue weighted by Crippen LogP contribution is -2.18. The molecule has 0 fully saturated rings. The minimum Gasteiger partial charge on any atom is -0.366 e. The maximum absolute atomic E-state index is 12.0. The van der Waals surface area contributed by atoms with Crippen LogP contribution in [0.4, 0.5) is 5.69 Å². The van der Waals surface area contributed by atoms with Crippen molar-refractivity contribution >= 4 is 17.5 Å². The first-order chi connectivity index (χ1) is 10.1. The van der Waals surface area contributed by atoms with Gasteiger partial charge in [-0.25, -0.2) is 0 Å². The number of anilines is 1. The number of H-pyrrole nitrogens is 1. The van der Waals surface area contributed by atoms with Gasteiger partial charge >= 0.3 is 0 Å². The molecule has 0 atom stereocenters. The van der Waals surface area contributed by atoms with E-state index in [2.05, 4.69) is 20.7 Å². The van der Waals surface area contributed by atoms with E-state index in [9.17, 15) is 9.59 Å². The number of benzene rings is 1. The van der Waals surface area contributed by atoms with Crippen molar-refractivity contribution in [2.24, 2.45) is 5.73 Å². The Morgan fingerprint density at radius 2 is 2.19 bits per heavy atom. The Kier molecular flexibility index (Phi) is 4.65. The first-order valence-corrected chi connectivity index (χ1v) is 6.73. The number of nitrogens with two attached hydrogens (primary N) is 1. The Balaban J connectivity index is 2.40. The van der Waals surface area contributed by atoms with Gasteiger partial charge in [0.05, 0.1) is 17.4 Å². The molecule has 0 bridgehead atoms. The van der Waals surface area contributed by atoms with Crippen LogP contribution >= 0.6 is 0 Å². The molecule has 0 spiro atoms. The Labute approximate surface area is 121 Å². The molecule has 1 aromatic carbocycles. The smallest absolute Gasteiger partial charge is 0.250 e. The fourth-order valence-electron chi connectivity index (χ4n) is 1.98. The summed E-state index contributed by atoms with van der Waals surface area (Å²) in [6, 6.07) is 5.01. The van der Waals surface area contributed by atoms with Crippen LogP contribution in [0.15, 0.2) is 24.4 Å². The molecule has 0 saturated carbocycles. The van der Waals surface area contributed by atoms with Gasteiger partial charge in [0.1, 0.15) is 5.69 Å². The molecule has 7 heteroatoms. The van der Waals surface area contributed by atoms with Gasteiger partial charge < -0.3 is 11.1 Å². The summed E-state index contributed by atoms with van der Waals surface area (Å²) in [5.41, 5.74) is 7.14. The summed E-state index contributed by atoms with van der Waals surface area (Å²) in [5.74, 6) is -0.763. The number of aromatic nitrogens is 3. The van der Waals surface area contributed by atoms with E-state index in [0.717, 1.165) is 12.8 Å². The fraction of sp³-hybridized carbons (Fsp3) is 0.286. The average molecular weight is 287 g/mol. The van der Waals surface area contributed by atoms with Crippen molar-refractivity contribution in [3.63, 3.8) is 0 Å². The lowest BCUT2D eigenvalue weighted by Gasteiger charge is -2.12. The number of hydrogen-bond acceptors (Lipinski definition) is 4. The molecule has 0 aliphatic carbocycles. The van der Waals surface area contributed by atoms with Crippen molar-refractivity contribution in [2.75, 3.05) is 5.32 Å². The number of carbonyl (C=O) groups is 2. The maximum atomic E-state index is 12.0. The third kappa shape index (κ3) is 3.44. The van der Waals surface area contributed by atoms with E-state index in [1.165, 1.54) is 0 Å². The molecule has 110 valence electrons. The first kappa shape index (κ1) is 14.7. The number of para-hydroxylation sites is 1. The van der Waals surface area contributed by atoms with Gasteiger partial charge in [0.15, 0.2) is 0 Å². The Bertz CT molecular complexity index is 637. The number of rotatable bonds is 6. The molecular weight excluding hydrogens is 270 g/mol. The minimum absolute atomic E-state index is 0.157. The number of hydrogen-bond donors (Lipinski definition) is 3. The number of amides is 2. The highest BCUT2D eigenvalue weighted by atomic mass is 16.2. The van der Waals surface area contributed by atoms with E-state index in [1.54, 1.807) is 24.4 Å². The molecule has 4 N–H and O–H groups in total. The number of primary amides is 1. The normalized spacial score (nSPS) is 10.3. The molecule has 2 amide bonds. The van der Waals surface area contributed by atoms with Crippen LogP contribution in [0.5, 0.6) is 0 Å². The van der Waals surface area contributed by atoms with E-state index in [4.69, 9.17) is 5.73 Å². The molecule has 0 unspecified atom stereocenters. The maximum Gasteiger partial charge on any atom is 0.250 e. The van der Waals surface area contributed by atoms with Gasteiger partial charge in [0.2, 0.25) is 5.91 Å². The van der Waals surface area contributed by atoms with Crippen LogP contribution in [0.3, 0.4) is 0 Å². The topological polar surface area (TPSA) is 114 Å². The number of nitrogens with one attached hydrogen (secondary N) is 2. The molecule has 2 aromatic rings. The zero-order valence-corrected chi connectivity index (χ0v) is 11.7. The summed E-state index contributed by atoms with van der Waals surface area (Å²) in [7, 11) is 0. The van der Waals surface area contributed by atoms with Gasteiger partial charge in [-0.1, -0.05) is 30.7 Å². The summed E-state index contributed by atoms with van der Waals surface area (Å²) < 4.78 is 0. The second-order valence-electron chi connectivity index (χ2n) is 4.60. The summed E-state index contributed by atoms with van der Waals surface area (Å²) in [4.78, 5) is 23.5. The fourth-order valence-corrected chi connectivity index (χ4v) is 1.98. The predicted molar refractivity (Wildman–Crippen MR) is 78.5 cm³/mol. The number of unbranched alkanes of at least 4 members (excludes halogenated alkanes) is 1. The van der Waals surface area contributed by atoms with E-state index >= 15 is 0 Å². The van der Waals surface area contributed by atoms with Gasteiger partial charge in [-0.15, -0.1) is 5.10 Å². The highest BCUT2D eigenvalue weighted by molar-refractivity contribution is 6.06. The van der Waals surface area contributed by atoms with E-state index < -0.39 is 5.91 Å². The Morgan fingerprint density at radius 3 is 2.81 bits per heavy atom.